The van der Waals surface area contributed by atoms with Crippen molar-refractivity contribution < 1.29 is 26.3 Å². The van der Waals surface area contributed by atoms with Gasteiger partial charge in [-0.3, -0.25) is 0 Å². The van der Waals surface area contributed by atoms with Crippen molar-refractivity contribution in [2.24, 2.45) is 5.14 Å². The Labute approximate surface area is 112 Å². The Morgan fingerprint density at radius 3 is 1.84 bits per heavy atom. The largest absolute Gasteiger partial charge is 0.411 e. The van der Waals surface area contributed by atoms with Crippen molar-refractivity contribution in [3.05, 3.63) is 0 Å². The number of primary sulfonamides is 1. The van der Waals surface area contributed by atoms with E-state index in [-0.39, 0.29) is 12.4 Å². The third-order valence-corrected chi connectivity index (χ3v) is 3.34. The third kappa shape index (κ3) is 17.7. The number of nitrogens with two attached hydrogens (primary N) is 1. The molecule has 0 aliphatic heterocycles. The maximum atomic E-state index is 11.7. The molecule has 0 heterocycles. The number of sulfonamides is 1. The van der Waals surface area contributed by atoms with Crippen LogP contribution in [0.3, 0.4) is 0 Å². The molecule has 8 heteroatoms. The molecule has 0 saturated heterocycles. The van der Waals surface area contributed by atoms with Crippen LogP contribution in [0, 0.1) is 0 Å². The molecule has 0 bridgehead atoms. The molecule has 0 atom stereocenters. The molecular weight excluding hydrogens is 283 g/mol. The van der Waals surface area contributed by atoms with Crippen molar-refractivity contribution in [2.75, 3.05) is 19.0 Å². The quantitative estimate of drug-likeness (QED) is 0.596. The Balaban J connectivity index is 3.16. The van der Waals surface area contributed by atoms with Gasteiger partial charge in [0.15, 0.2) is 0 Å². The molecular formula is C11H22F3NO3S. The zero-order valence-corrected chi connectivity index (χ0v) is 11.7. The van der Waals surface area contributed by atoms with Crippen LogP contribution in [0.25, 0.3) is 0 Å². The molecule has 2 N–H and O–H groups in total. The second kappa shape index (κ2) is 9.55. The summed E-state index contributed by atoms with van der Waals surface area (Å²) in [6.07, 6.45) is 1.35. The molecule has 0 saturated carbocycles. The first-order valence-corrected chi connectivity index (χ1v) is 8.07. The lowest BCUT2D eigenvalue weighted by Crippen LogP contribution is -2.17. The highest BCUT2D eigenvalue weighted by atomic mass is 32.2. The maximum Gasteiger partial charge on any atom is 0.411 e. The fraction of sp³-hybridized carbons (Fsp3) is 1.00. The van der Waals surface area contributed by atoms with Crippen LogP contribution in [-0.4, -0.2) is 33.6 Å². The van der Waals surface area contributed by atoms with Gasteiger partial charge in [-0.25, -0.2) is 13.6 Å². The summed E-state index contributed by atoms with van der Waals surface area (Å²) in [5.41, 5.74) is 0. The summed E-state index contributed by atoms with van der Waals surface area (Å²) in [6, 6.07) is 0. The van der Waals surface area contributed by atoms with Crippen LogP contribution in [-0.2, 0) is 14.8 Å². The first-order chi connectivity index (χ1) is 8.71. The Morgan fingerprint density at radius 1 is 0.895 bits per heavy atom. The van der Waals surface area contributed by atoms with Crippen molar-refractivity contribution in [2.45, 2.75) is 51.1 Å². The van der Waals surface area contributed by atoms with Crippen molar-refractivity contribution in [3.8, 4) is 0 Å². The van der Waals surface area contributed by atoms with Gasteiger partial charge in [-0.05, 0) is 12.8 Å². The molecule has 0 aromatic rings. The third-order valence-electron chi connectivity index (χ3n) is 2.48. The minimum Gasteiger partial charge on any atom is -0.372 e. The lowest BCUT2D eigenvalue weighted by atomic mass is 10.1. The van der Waals surface area contributed by atoms with E-state index in [0.717, 1.165) is 32.1 Å². The number of hydrogen-bond donors (Lipinski definition) is 1. The van der Waals surface area contributed by atoms with Crippen LogP contribution in [0.1, 0.15) is 44.9 Å². The summed E-state index contributed by atoms with van der Waals surface area (Å²) in [5.74, 6) is 0.0122. The molecule has 0 aliphatic carbocycles. The Morgan fingerprint density at radius 2 is 1.37 bits per heavy atom. The molecule has 19 heavy (non-hydrogen) atoms. The topological polar surface area (TPSA) is 69.4 Å². The molecule has 0 radical (unpaired) electrons. The lowest BCUT2D eigenvalue weighted by Gasteiger charge is -2.07. The van der Waals surface area contributed by atoms with Crippen LogP contribution in [0.4, 0.5) is 13.2 Å². The van der Waals surface area contributed by atoms with Gasteiger partial charge in [-0.15, -0.1) is 0 Å². The molecule has 0 rings (SSSR count). The van der Waals surface area contributed by atoms with E-state index in [9.17, 15) is 21.6 Å². The number of unbranched alkanes of at least 4 members (excludes halogenated alkanes) is 6. The predicted molar refractivity (Wildman–Crippen MR) is 67.2 cm³/mol. The van der Waals surface area contributed by atoms with Crippen LogP contribution in [0.5, 0.6) is 0 Å². The maximum absolute atomic E-state index is 11.7. The van der Waals surface area contributed by atoms with Gasteiger partial charge in [0.25, 0.3) is 0 Å². The summed E-state index contributed by atoms with van der Waals surface area (Å²) in [7, 11) is -3.35. The molecule has 0 aromatic carbocycles. The average molecular weight is 305 g/mol. The average Bonchev–Trinajstić information content (AvgIpc) is 2.22. The molecule has 0 unspecified atom stereocenters. The van der Waals surface area contributed by atoms with E-state index in [0.29, 0.717) is 12.8 Å². The lowest BCUT2D eigenvalue weighted by molar-refractivity contribution is -0.174. The van der Waals surface area contributed by atoms with E-state index >= 15 is 0 Å². The first kappa shape index (κ1) is 18.7. The second-order valence-corrected chi connectivity index (χ2v) is 6.24. The number of ether oxygens (including phenoxy) is 1. The smallest absolute Gasteiger partial charge is 0.372 e. The van der Waals surface area contributed by atoms with Crippen LogP contribution < -0.4 is 5.14 Å². The van der Waals surface area contributed by atoms with Crippen molar-refractivity contribution in [3.63, 3.8) is 0 Å². The molecule has 116 valence electrons. The van der Waals surface area contributed by atoms with Gasteiger partial charge in [0.2, 0.25) is 10.0 Å². The molecule has 0 amide bonds. The van der Waals surface area contributed by atoms with Gasteiger partial charge in [0.1, 0.15) is 6.61 Å². The normalized spacial score (nSPS) is 12.8. The summed E-state index contributed by atoms with van der Waals surface area (Å²) in [4.78, 5) is 0. The second-order valence-electron chi connectivity index (χ2n) is 4.51. The van der Waals surface area contributed by atoms with Crippen molar-refractivity contribution in [1.29, 1.82) is 0 Å². The highest BCUT2D eigenvalue weighted by Gasteiger charge is 2.27. The number of halogens is 3. The van der Waals surface area contributed by atoms with Crippen LogP contribution in [0.2, 0.25) is 0 Å². The summed E-state index contributed by atoms with van der Waals surface area (Å²) in [6.45, 7) is -1.05. The number of rotatable bonds is 11. The van der Waals surface area contributed by atoms with Crippen molar-refractivity contribution >= 4 is 10.0 Å². The van der Waals surface area contributed by atoms with Gasteiger partial charge >= 0.3 is 6.18 Å². The fourth-order valence-corrected chi connectivity index (χ4v) is 2.19. The van der Waals surface area contributed by atoms with Gasteiger partial charge < -0.3 is 4.74 Å². The predicted octanol–water partition coefficient (Wildman–Crippen LogP) is 2.58. The van der Waals surface area contributed by atoms with Crippen LogP contribution >= 0.6 is 0 Å². The Bertz CT molecular complexity index is 318. The zero-order chi connectivity index (χ0) is 14.8. The highest BCUT2D eigenvalue weighted by molar-refractivity contribution is 7.89. The zero-order valence-electron chi connectivity index (χ0n) is 10.9. The van der Waals surface area contributed by atoms with E-state index in [1.54, 1.807) is 0 Å². The van der Waals surface area contributed by atoms with E-state index in [1.165, 1.54) is 0 Å². The minimum absolute atomic E-state index is 0.0122. The van der Waals surface area contributed by atoms with E-state index in [1.807, 2.05) is 0 Å². The van der Waals surface area contributed by atoms with Crippen LogP contribution in [0.15, 0.2) is 0 Å². The van der Waals surface area contributed by atoms with E-state index < -0.39 is 22.8 Å². The summed E-state index contributed by atoms with van der Waals surface area (Å²) < 4.78 is 60.9. The summed E-state index contributed by atoms with van der Waals surface area (Å²) in [5, 5.41) is 4.85. The molecule has 4 nitrogen and oxygen atoms in total. The minimum atomic E-state index is -4.25. The SMILES string of the molecule is NS(=O)(=O)CCCCCCCCCOCC(F)(F)F. The summed E-state index contributed by atoms with van der Waals surface area (Å²) >= 11 is 0. The molecule has 0 spiro atoms. The monoisotopic (exact) mass is 305 g/mol. The Hall–Kier alpha value is -0.340. The van der Waals surface area contributed by atoms with Gasteiger partial charge in [-0.1, -0.05) is 32.1 Å². The highest BCUT2D eigenvalue weighted by Crippen LogP contribution is 2.15. The standard InChI is InChI=1S/C11H22F3NO3S/c12-11(13,14)10-18-8-6-4-2-1-3-5-7-9-19(15,16)17/h1-10H2,(H2,15,16,17). The van der Waals surface area contributed by atoms with Gasteiger partial charge in [0, 0.05) is 6.61 Å². The number of hydrogen-bond acceptors (Lipinski definition) is 3. The molecule has 0 fully saturated rings. The van der Waals surface area contributed by atoms with Gasteiger partial charge in [0.05, 0.1) is 5.75 Å². The van der Waals surface area contributed by atoms with E-state index in [2.05, 4.69) is 4.74 Å². The number of alkyl halides is 3. The Kier molecular flexibility index (Phi) is 9.38. The van der Waals surface area contributed by atoms with Gasteiger partial charge in [-0.2, -0.15) is 13.2 Å². The first-order valence-electron chi connectivity index (χ1n) is 6.36. The van der Waals surface area contributed by atoms with E-state index in [4.69, 9.17) is 5.14 Å². The molecule has 0 aliphatic rings. The molecule has 0 aromatic heterocycles. The van der Waals surface area contributed by atoms with Crippen molar-refractivity contribution in [1.82, 2.24) is 0 Å². The fourth-order valence-electron chi connectivity index (χ4n) is 1.58.